The average molecular weight is 865 g/mol. The molecule has 1 aromatic carbocycles. The van der Waals surface area contributed by atoms with E-state index in [0.717, 1.165) is 94.4 Å². The van der Waals surface area contributed by atoms with E-state index in [1.54, 1.807) is 0 Å². The number of aromatic nitrogens is 2. The van der Waals surface area contributed by atoms with Crippen LogP contribution in [-0.4, -0.2) is 64.1 Å². The number of amides is 1. The quantitative estimate of drug-likeness (QED) is 0.171. The predicted molar refractivity (Wildman–Crippen MR) is 249 cm³/mol. The summed E-state index contributed by atoms with van der Waals surface area (Å²) in [6.07, 6.45) is 12.6. The number of esters is 1. The van der Waals surface area contributed by atoms with Crippen molar-refractivity contribution in [2.75, 3.05) is 20.6 Å². The van der Waals surface area contributed by atoms with Crippen LogP contribution in [0.4, 0.5) is 0 Å². The van der Waals surface area contributed by atoms with Crippen LogP contribution in [-0.2, 0) is 31.2 Å². The molecular formula is C54H80N4O5. The Morgan fingerprint density at radius 2 is 1.57 bits per heavy atom. The summed E-state index contributed by atoms with van der Waals surface area (Å²) in [5, 5.41) is 13.4. The summed E-state index contributed by atoms with van der Waals surface area (Å²) in [7, 11) is 4.19. The second-order valence-corrected chi connectivity index (χ2v) is 24.5. The van der Waals surface area contributed by atoms with Gasteiger partial charge in [0.05, 0.1) is 28.5 Å². The van der Waals surface area contributed by atoms with Crippen LogP contribution in [0.3, 0.4) is 0 Å². The van der Waals surface area contributed by atoms with Crippen molar-refractivity contribution in [3.63, 3.8) is 0 Å². The molecule has 63 heavy (non-hydrogen) atoms. The number of likely N-dealkylation sites (N-methyl/N-ethyl adjacent to an activating group) is 1. The second-order valence-electron chi connectivity index (χ2n) is 24.5. The molecule has 0 saturated heterocycles. The summed E-state index contributed by atoms with van der Waals surface area (Å²) >= 11 is 0. The van der Waals surface area contributed by atoms with Gasteiger partial charge in [0.1, 0.15) is 11.9 Å². The fourth-order valence-electron chi connectivity index (χ4n) is 16.3. The van der Waals surface area contributed by atoms with Crippen molar-refractivity contribution in [2.24, 2.45) is 73.9 Å². The van der Waals surface area contributed by atoms with Crippen molar-refractivity contribution in [3.05, 3.63) is 54.5 Å². The number of hydrogen-bond acceptors (Lipinski definition) is 6. The van der Waals surface area contributed by atoms with E-state index in [1.807, 2.05) is 19.9 Å². The molecular weight excluding hydrogens is 785 g/mol. The number of imidazole rings is 1. The molecule has 0 radical (unpaired) electrons. The Morgan fingerprint density at radius 1 is 0.873 bits per heavy atom. The van der Waals surface area contributed by atoms with E-state index in [-0.39, 0.29) is 51.5 Å². The number of allylic oxidation sites excluding steroid dienone is 1. The Bertz CT molecular complexity index is 2120. The van der Waals surface area contributed by atoms with Crippen molar-refractivity contribution in [1.82, 2.24) is 19.8 Å². The molecule has 9 nitrogen and oxygen atoms in total. The normalized spacial score (nSPS) is 38.9. The highest BCUT2D eigenvalue weighted by Gasteiger charge is 2.72. The van der Waals surface area contributed by atoms with Crippen LogP contribution in [0.25, 0.3) is 11.3 Å². The third kappa shape index (κ3) is 7.00. The van der Waals surface area contributed by atoms with Crippen molar-refractivity contribution >= 4 is 17.8 Å². The van der Waals surface area contributed by atoms with Crippen LogP contribution < -0.4 is 5.32 Å². The van der Waals surface area contributed by atoms with E-state index >= 15 is 4.79 Å². The summed E-state index contributed by atoms with van der Waals surface area (Å²) in [4.78, 5) is 48.5. The maximum atomic E-state index is 15.5. The molecule has 0 unspecified atom stereocenters. The molecule has 1 heterocycles. The molecule has 9 heteroatoms. The van der Waals surface area contributed by atoms with Gasteiger partial charge < -0.3 is 24.6 Å². The maximum absolute atomic E-state index is 15.5. The van der Waals surface area contributed by atoms with Gasteiger partial charge in [-0.1, -0.05) is 91.0 Å². The molecule has 0 spiro atoms. The molecule has 12 atom stereocenters. The number of carbonyl (C=O) groups is 3. The van der Waals surface area contributed by atoms with Crippen LogP contribution in [0.15, 0.2) is 48.7 Å². The Hall–Kier alpha value is -3.46. The number of hydrogen-bond donors (Lipinski definition) is 2. The van der Waals surface area contributed by atoms with Gasteiger partial charge in [-0.25, -0.2) is 4.98 Å². The molecule has 0 aliphatic heterocycles. The van der Waals surface area contributed by atoms with E-state index in [9.17, 15) is 14.7 Å². The minimum absolute atomic E-state index is 0.0723. The number of fused-ring (bicyclic) bond motifs is 7. The van der Waals surface area contributed by atoms with Gasteiger partial charge in [-0.3, -0.25) is 14.4 Å². The summed E-state index contributed by atoms with van der Waals surface area (Å²) in [6.45, 7) is 29.1. The van der Waals surface area contributed by atoms with Gasteiger partial charge >= 0.3 is 11.9 Å². The number of nitrogens with zero attached hydrogens (tertiary/aromatic N) is 3. The SMILES string of the molecule is C=C(C)[C@@H]1CC[C@]2(C(=O)NC(C)(C)c3nc(-c4ccccc4)cn3CCN(C)C)CC[C@]3(C)[C@H](CC[C@@H]4[C@@]5(C)CC[C@H](OC(=O)[C@H]6C[C@@H](C(=O)O)C6(C)C)C(C)(C)[C@@H]5CC[C@]43C)[C@@H]12. The Morgan fingerprint density at radius 3 is 2.21 bits per heavy atom. The third-order valence-electron chi connectivity index (χ3n) is 20.2. The first kappa shape index (κ1) is 46.1. The van der Waals surface area contributed by atoms with Gasteiger partial charge in [-0.05, 0) is 157 Å². The lowest BCUT2D eigenvalue weighted by molar-refractivity contribution is -0.251. The molecule has 1 amide bonds. The molecule has 1 aromatic heterocycles. The highest BCUT2D eigenvalue weighted by Crippen LogP contribution is 2.77. The van der Waals surface area contributed by atoms with Crippen LogP contribution in [0.1, 0.15) is 146 Å². The van der Waals surface area contributed by atoms with Crippen LogP contribution in [0.5, 0.6) is 0 Å². The fourth-order valence-corrected chi connectivity index (χ4v) is 16.3. The lowest BCUT2D eigenvalue weighted by atomic mass is 9.32. The molecule has 2 aromatic rings. The number of carboxylic acids is 1. The summed E-state index contributed by atoms with van der Waals surface area (Å²) in [5.41, 5.74) is 1.57. The molecule has 6 fully saturated rings. The fraction of sp³-hybridized carbons (Fsp3) is 0.741. The summed E-state index contributed by atoms with van der Waals surface area (Å²) in [5.74, 6) is 1.11. The van der Waals surface area contributed by atoms with E-state index in [2.05, 4.69) is 121 Å². The second kappa shape index (κ2) is 15.6. The first-order valence-electron chi connectivity index (χ1n) is 24.5. The van der Waals surface area contributed by atoms with Crippen molar-refractivity contribution in [3.8, 4) is 11.3 Å². The molecule has 6 aliphatic carbocycles. The third-order valence-corrected chi connectivity index (χ3v) is 20.2. The van der Waals surface area contributed by atoms with Crippen LogP contribution >= 0.6 is 0 Å². The molecule has 346 valence electrons. The lowest BCUT2D eigenvalue weighted by Crippen LogP contribution is -2.68. The van der Waals surface area contributed by atoms with E-state index in [4.69, 9.17) is 9.72 Å². The Labute approximate surface area is 379 Å². The van der Waals surface area contributed by atoms with Crippen molar-refractivity contribution in [1.29, 1.82) is 0 Å². The van der Waals surface area contributed by atoms with Crippen LogP contribution in [0.2, 0.25) is 0 Å². The van der Waals surface area contributed by atoms with Gasteiger partial charge in [0.2, 0.25) is 5.91 Å². The summed E-state index contributed by atoms with van der Waals surface area (Å²) in [6, 6.07) is 10.4. The van der Waals surface area contributed by atoms with Gasteiger partial charge in [0, 0.05) is 30.3 Å². The van der Waals surface area contributed by atoms with Gasteiger partial charge in [0.25, 0.3) is 0 Å². The highest BCUT2D eigenvalue weighted by atomic mass is 16.5. The minimum atomic E-state index is -0.821. The van der Waals surface area contributed by atoms with E-state index < -0.39 is 28.3 Å². The number of rotatable bonds is 11. The van der Waals surface area contributed by atoms with Crippen molar-refractivity contribution < 1.29 is 24.2 Å². The van der Waals surface area contributed by atoms with Crippen molar-refractivity contribution in [2.45, 2.75) is 158 Å². The number of aliphatic carboxylic acids is 1. The zero-order valence-electron chi connectivity index (χ0n) is 40.9. The predicted octanol–water partition coefficient (Wildman–Crippen LogP) is 10.8. The Kier molecular flexibility index (Phi) is 11.4. The average Bonchev–Trinajstić information content (AvgIpc) is 3.82. The molecule has 2 N–H and O–H groups in total. The number of nitrogens with one attached hydrogen (secondary N) is 1. The standard InChI is InChI=1S/C54H80N4O5/c1-33(2)35-21-26-54(47(62)56-50(7,8)46-55-39(34-17-15-14-16-18-34)32-58(46)30-29-57(12)13)28-27-52(10)36(43(35)54)19-20-41-51(9)24-23-42(49(5,6)40(51)22-25-53(41,52)11)63-45(61)38-31-37(44(59)60)48(38,3)4/h14-18,32,35-38,40-43H,1,19-31H2,2-13H3,(H,56,62)(H,59,60)/t35-,36+,37-,38+,40-,41+,42-,43+,51-,52+,53+,54-/m0/s1. The largest absolute Gasteiger partial charge is 0.481 e. The Balaban J connectivity index is 1.05. The smallest absolute Gasteiger partial charge is 0.309 e. The number of carbonyl (C=O) groups excluding carboxylic acids is 2. The number of carboxylic acid groups (broad SMARTS) is 1. The first-order chi connectivity index (χ1) is 29.3. The molecule has 6 aliphatic rings. The van der Waals surface area contributed by atoms with E-state index in [1.165, 1.54) is 5.57 Å². The zero-order valence-corrected chi connectivity index (χ0v) is 40.9. The van der Waals surface area contributed by atoms with Crippen LogP contribution in [0, 0.1) is 73.9 Å². The monoisotopic (exact) mass is 865 g/mol. The van der Waals surface area contributed by atoms with E-state index in [0.29, 0.717) is 30.1 Å². The number of benzene rings is 1. The zero-order chi connectivity index (χ0) is 45.9. The van der Waals surface area contributed by atoms with Gasteiger partial charge in [-0.15, -0.1) is 0 Å². The summed E-state index contributed by atoms with van der Waals surface area (Å²) < 4.78 is 8.73. The highest BCUT2D eigenvalue weighted by molar-refractivity contribution is 5.85. The molecule has 8 rings (SSSR count). The molecule has 0 bridgehead atoms. The minimum Gasteiger partial charge on any atom is -0.481 e. The maximum Gasteiger partial charge on any atom is 0.309 e. The van der Waals surface area contributed by atoms with Gasteiger partial charge in [-0.2, -0.15) is 0 Å². The lowest BCUT2D eigenvalue weighted by Gasteiger charge is -2.73. The topological polar surface area (TPSA) is 114 Å². The first-order valence-corrected chi connectivity index (χ1v) is 24.5. The molecule has 6 saturated carbocycles. The number of ether oxygens (including phenoxy) is 1. The van der Waals surface area contributed by atoms with Gasteiger partial charge in [0.15, 0.2) is 0 Å².